The molecule has 0 saturated heterocycles. The van der Waals surface area contributed by atoms with Gasteiger partial charge in [-0.1, -0.05) is 12.5 Å². The first-order valence-electron chi connectivity index (χ1n) is 10.2. The minimum absolute atomic E-state index is 0.107. The topological polar surface area (TPSA) is 43.4 Å². The number of allylic oxidation sites excluding steroid dienone is 1. The van der Waals surface area contributed by atoms with E-state index in [1.165, 1.54) is 24.8 Å². The maximum Gasteiger partial charge on any atom is 0.331 e. The van der Waals surface area contributed by atoms with Crippen molar-refractivity contribution in [1.82, 2.24) is 0 Å². The molecule has 3 nitrogen and oxygen atoms in total. The third kappa shape index (κ3) is 1.68. The lowest BCUT2D eigenvalue weighted by Crippen LogP contribution is -2.53. The molecule has 6 aliphatic rings. The average Bonchev–Trinajstić information content (AvgIpc) is 3.23. The molecular weight excluding hydrogens is 312 g/mol. The quantitative estimate of drug-likeness (QED) is 0.630. The van der Waals surface area contributed by atoms with Crippen LogP contribution in [0.5, 0.6) is 0 Å². The lowest BCUT2D eigenvalue weighted by molar-refractivity contribution is -0.161. The molecule has 0 aromatic heterocycles. The van der Waals surface area contributed by atoms with E-state index in [0.717, 1.165) is 43.4 Å². The van der Waals surface area contributed by atoms with Crippen LogP contribution in [-0.4, -0.2) is 17.4 Å². The number of hydrogen-bond donors (Lipinski definition) is 0. The lowest BCUT2D eigenvalue weighted by Gasteiger charge is -2.55. The van der Waals surface area contributed by atoms with Gasteiger partial charge in [-0.2, -0.15) is 0 Å². The first kappa shape index (κ1) is 14.8. The van der Waals surface area contributed by atoms with E-state index in [-0.39, 0.29) is 17.0 Å². The Balaban J connectivity index is 1.38. The molecule has 132 valence electrons. The van der Waals surface area contributed by atoms with E-state index in [2.05, 4.69) is 13.0 Å². The Morgan fingerprint density at radius 3 is 2.76 bits per heavy atom. The summed E-state index contributed by atoms with van der Waals surface area (Å²) < 4.78 is 5.93. The number of carbonyl (C=O) groups excluding carboxylic acids is 2. The number of ether oxygens (including phenoxy) is 1. The van der Waals surface area contributed by atoms with Gasteiger partial charge in [0.25, 0.3) is 0 Å². The molecule has 3 unspecified atom stereocenters. The van der Waals surface area contributed by atoms with E-state index in [9.17, 15) is 9.59 Å². The molecule has 4 fully saturated rings. The number of hydrogen-bond acceptors (Lipinski definition) is 3. The summed E-state index contributed by atoms with van der Waals surface area (Å²) >= 11 is 0. The minimum atomic E-state index is -0.331. The predicted molar refractivity (Wildman–Crippen MR) is 92.4 cm³/mol. The van der Waals surface area contributed by atoms with Gasteiger partial charge in [-0.15, -0.1) is 0 Å². The van der Waals surface area contributed by atoms with Gasteiger partial charge in [0.1, 0.15) is 5.60 Å². The lowest BCUT2D eigenvalue weighted by atomic mass is 9.50. The molecule has 0 N–H and O–H groups in total. The molecule has 1 spiro atoms. The fourth-order valence-corrected chi connectivity index (χ4v) is 7.93. The van der Waals surface area contributed by atoms with Crippen molar-refractivity contribution >= 4 is 11.8 Å². The van der Waals surface area contributed by atoms with Gasteiger partial charge in [0.05, 0.1) is 0 Å². The summed E-state index contributed by atoms with van der Waals surface area (Å²) in [6.45, 7) is 2.40. The van der Waals surface area contributed by atoms with Crippen LogP contribution >= 0.6 is 0 Å². The summed E-state index contributed by atoms with van der Waals surface area (Å²) in [4.78, 5) is 23.8. The molecule has 0 amide bonds. The van der Waals surface area contributed by atoms with Crippen molar-refractivity contribution in [3.8, 4) is 0 Å². The third-order valence-electron chi connectivity index (χ3n) is 9.08. The summed E-state index contributed by atoms with van der Waals surface area (Å²) in [6, 6.07) is 0. The van der Waals surface area contributed by atoms with Crippen molar-refractivity contribution < 1.29 is 14.3 Å². The van der Waals surface area contributed by atoms with E-state index in [1.807, 2.05) is 6.08 Å². The van der Waals surface area contributed by atoms with Crippen LogP contribution in [0.4, 0.5) is 0 Å². The SMILES string of the molecule is C[C@]12CCC3C(C1CC[C@@]21C=CC(=O)O1)[C@@H]1C[C@@H]1C1=CC(=O)CC[C@@H]13. The van der Waals surface area contributed by atoms with Gasteiger partial charge in [0, 0.05) is 17.9 Å². The smallest absolute Gasteiger partial charge is 0.331 e. The Labute approximate surface area is 148 Å². The van der Waals surface area contributed by atoms with Crippen molar-refractivity contribution in [3.63, 3.8) is 0 Å². The van der Waals surface area contributed by atoms with E-state index < -0.39 is 0 Å². The van der Waals surface area contributed by atoms with Gasteiger partial charge in [-0.25, -0.2) is 4.79 Å². The fraction of sp³-hybridized carbons (Fsp3) is 0.727. The van der Waals surface area contributed by atoms with Gasteiger partial charge in [-0.05, 0) is 86.2 Å². The normalized spacial score (nSPS) is 55.2. The molecule has 25 heavy (non-hydrogen) atoms. The molecule has 4 saturated carbocycles. The van der Waals surface area contributed by atoms with Crippen LogP contribution in [0.1, 0.15) is 51.9 Å². The fourth-order valence-electron chi connectivity index (χ4n) is 7.93. The average molecular weight is 338 g/mol. The molecule has 1 heterocycles. The summed E-state index contributed by atoms with van der Waals surface area (Å²) in [6.07, 6.45) is 13.5. The Morgan fingerprint density at radius 2 is 1.96 bits per heavy atom. The van der Waals surface area contributed by atoms with Crippen LogP contribution in [0.25, 0.3) is 0 Å². The third-order valence-corrected chi connectivity index (χ3v) is 9.08. The van der Waals surface area contributed by atoms with Crippen molar-refractivity contribution in [3.05, 3.63) is 23.8 Å². The van der Waals surface area contributed by atoms with Crippen molar-refractivity contribution in [2.45, 2.75) is 57.5 Å². The molecule has 0 radical (unpaired) electrons. The van der Waals surface area contributed by atoms with E-state index in [1.54, 1.807) is 6.08 Å². The Bertz CT molecular complexity index is 748. The maximum absolute atomic E-state index is 11.9. The minimum Gasteiger partial charge on any atom is -0.451 e. The number of ketones is 1. The summed E-state index contributed by atoms with van der Waals surface area (Å²) in [5.74, 6) is 4.58. The maximum atomic E-state index is 11.9. The Morgan fingerprint density at radius 1 is 1.08 bits per heavy atom. The highest BCUT2D eigenvalue weighted by Crippen LogP contribution is 2.72. The second-order valence-corrected chi connectivity index (χ2v) is 9.75. The van der Waals surface area contributed by atoms with Crippen LogP contribution in [-0.2, 0) is 14.3 Å². The zero-order valence-electron chi connectivity index (χ0n) is 14.9. The van der Waals surface area contributed by atoms with E-state index in [0.29, 0.717) is 23.5 Å². The van der Waals surface area contributed by atoms with Crippen molar-refractivity contribution in [2.75, 3.05) is 0 Å². The van der Waals surface area contributed by atoms with Gasteiger partial charge in [0.15, 0.2) is 5.78 Å². The molecule has 0 aromatic rings. The largest absolute Gasteiger partial charge is 0.451 e. The number of rotatable bonds is 0. The second-order valence-electron chi connectivity index (χ2n) is 9.75. The summed E-state index contributed by atoms with van der Waals surface area (Å²) in [5, 5.41) is 0. The van der Waals surface area contributed by atoms with Crippen LogP contribution in [0.2, 0.25) is 0 Å². The molecule has 5 aliphatic carbocycles. The Kier molecular flexibility index (Phi) is 2.64. The highest BCUT2D eigenvalue weighted by Gasteiger charge is 2.69. The van der Waals surface area contributed by atoms with Gasteiger partial charge >= 0.3 is 5.97 Å². The highest BCUT2D eigenvalue weighted by molar-refractivity contribution is 5.91. The van der Waals surface area contributed by atoms with Crippen LogP contribution in [0.3, 0.4) is 0 Å². The second kappa shape index (κ2) is 4.47. The molecule has 6 rings (SSSR count). The monoisotopic (exact) mass is 338 g/mol. The van der Waals surface area contributed by atoms with Crippen LogP contribution in [0, 0.1) is 40.9 Å². The summed E-state index contributed by atoms with van der Waals surface area (Å²) in [5.41, 5.74) is 1.30. The zero-order chi connectivity index (χ0) is 17.0. The predicted octanol–water partition coefficient (Wildman–Crippen LogP) is 3.84. The number of esters is 1. The first-order chi connectivity index (χ1) is 12.0. The van der Waals surface area contributed by atoms with Crippen molar-refractivity contribution in [2.24, 2.45) is 40.9 Å². The van der Waals surface area contributed by atoms with Gasteiger partial charge < -0.3 is 4.74 Å². The Hall–Kier alpha value is -1.38. The molecule has 0 aromatic carbocycles. The molecule has 8 atom stereocenters. The molecule has 1 aliphatic heterocycles. The van der Waals surface area contributed by atoms with Crippen LogP contribution < -0.4 is 0 Å². The first-order valence-corrected chi connectivity index (χ1v) is 10.2. The zero-order valence-corrected chi connectivity index (χ0v) is 14.9. The number of fused-ring (bicyclic) bond motifs is 9. The van der Waals surface area contributed by atoms with E-state index in [4.69, 9.17) is 4.74 Å². The van der Waals surface area contributed by atoms with E-state index >= 15 is 0 Å². The number of carbonyl (C=O) groups is 2. The molecule has 0 bridgehead atoms. The summed E-state index contributed by atoms with van der Waals surface area (Å²) in [7, 11) is 0. The van der Waals surface area contributed by atoms with Gasteiger partial charge in [0.2, 0.25) is 0 Å². The highest BCUT2D eigenvalue weighted by atomic mass is 16.6. The van der Waals surface area contributed by atoms with Gasteiger partial charge in [-0.3, -0.25) is 4.79 Å². The van der Waals surface area contributed by atoms with Crippen LogP contribution in [0.15, 0.2) is 23.8 Å². The molecular formula is C22H26O3. The van der Waals surface area contributed by atoms with Crippen molar-refractivity contribution in [1.29, 1.82) is 0 Å². The standard InChI is InChI=1S/C22H26O3/c1-21-7-4-14-13-3-2-12(23)10-15(13)16-11-17(16)20(14)18(21)5-8-22(21)9-6-19(24)25-22/h6,9-10,13-14,16-18,20H,2-5,7-8,11H2,1H3/t13-,14?,16-,17-,18?,20?,21+,22-/m1/s1. The molecule has 3 heteroatoms.